The maximum atomic E-state index is 5.27. The Morgan fingerprint density at radius 1 is 1.05 bits per heavy atom. The van der Waals surface area contributed by atoms with Gasteiger partial charge in [0.1, 0.15) is 5.82 Å². The zero-order valence-electron chi connectivity index (χ0n) is 12.1. The van der Waals surface area contributed by atoms with Crippen LogP contribution >= 0.6 is 12.2 Å². The number of aromatic nitrogens is 1. The van der Waals surface area contributed by atoms with E-state index < -0.39 is 0 Å². The van der Waals surface area contributed by atoms with Crippen LogP contribution in [0.3, 0.4) is 0 Å². The number of pyridine rings is 1. The number of nitrogens with one attached hydrogen (secondary N) is 2. The van der Waals surface area contributed by atoms with Gasteiger partial charge < -0.3 is 20.1 Å². The quantitative estimate of drug-likeness (QED) is 0.846. The van der Waals surface area contributed by atoms with E-state index in [9.17, 15) is 0 Å². The van der Waals surface area contributed by atoms with E-state index in [4.69, 9.17) is 21.7 Å². The summed E-state index contributed by atoms with van der Waals surface area (Å²) in [5.74, 6) is 2.01. The van der Waals surface area contributed by atoms with Crippen molar-refractivity contribution in [2.24, 2.45) is 0 Å². The maximum Gasteiger partial charge on any atom is 0.176 e. The van der Waals surface area contributed by atoms with Gasteiger partial charge in [0.25, 0.3) is 0 Å². The molecule has 6 heteroatoms. The van der Waals surface area contributed by atoms with Crippen LogP contribution in [0, 0.1) is 6.92 Å². The minimum atomic E-state index is 0.459. The van der Waals surface area contributed by atoms with Crippen LogP contribution in [0.2, 0.25) is 0 Å². The van der Waals surface area contributed by atoms with Gasteiger partial charge in [0.2, 0.25) is 0 Å². The molecule has 0 amide bonds. The molecular weight excluding hydrogens is 286 g/mol. The fourth-order valence-corrected chi connectivity index (χ4v) is 2.02. The molecule has 0 saturated carbocycles. The van der Waals surface area contributed by atoms with Crippen molar-refractivity contribution >= 4 is 28.8 Å². The molecule has 2 aromatic rings. The topological polar surface area (TPSA) is 55.4 Å². The van der Waals surface area contributed by atoms with Crippen LogP contribution in [0.25, 0.3) is 0 Å². The van der Waals surface area contributed by atoms with Crippen molar-refractivity contribution in [1.82, 2.24) is 4.98 Å². The summed E-state index contributed by atoms with van der Waals surface area (Å²) >= 11 is 5.27. The molecule has 2 rings (SSSR count). The van der Waals surface area contributed by atoms with E-state index >= 15 is 0 Å². The van der Waals surface area contributed by atoms with Gasteiger partial charge >= 0.3 is 0 Å². The number of thiocarbonyl (C=S) groups is 1. The van der Waals surface area contributed by atoms with E-state index in [2.05, 4.69) is 15.6 Å². The maximum absolute atomic E-state index is 5.27. The van der Waals surface area contributed by atoms with E-state index in [0.717, 1.165) is 11.3 Å². The first-order valence-corrected chi connectivity index (χ1v) is 6.76. The molecular formula is C15H17N3O2S. The smallest absolute Gasteiger partial charge is 0.176 e. The van der Waals surface area contributed by atoms with Crippen molar-refractivity contribution in [2.45, 2.75) is 6.92 Å². The lowest BCUT2D eigenvalue weighted by Crippen LogP contribution is -2.19. The molecule has 2 N–H and O–H groups in total. The molecule has 0 aliphatic carbocycles. The molecule has 1 aromatic heterocycles. The van der Waals surface area contributed by atoms with Gasteiger partial charge in [0.15, 0.2) is 16.6 Å². The highest BCUT2D eigenvalue weighted by Crippen LogP contribution is 2.29. The summed E-state index contributed by atoms with van der Waals surface area (Å²) in [4.78, 5) is 4.20. The van der Waals surface area contributed by atoms with Crippen molar-refractivity contribution in [3.63, 3.8) is 0 Å². The predicted octanol–water partition coefficient (Wildman–Crippen LogP) is 3.22. The van der Waals surface area contributed by atoms with Crippen LogP contribution in [0.15, 0.2) is 36.5 Å². The minimum Gasteiger partial charge on any atom is -0.493 e. The van der Waals surface area contributed by atoms with Crippen molar-refractivity contribution in [3.8, 4) is 11.5 Å². The van der Waals surface area contributed by atoms with Gasteiger partial charge in [-0.25, -0.2) is 4.98 Å². The largest absolute Gasteiger partial charge is 0.493 e. The van der Waals surface area contributed by atoms with Gasteiger partial charge in [-0.2, -0.15) is 0 Å². The number of methoxy groups -OCH3 is 2. The Balaban J connectivity index is 2.06. The van der Waals surface area contributed by atoms with Gasteiger partial charge in [-0.15, -0.1) is 0 Å². The highest BCUT2D eigenvalue weighted by atomic mass is 32.1. The fourth-order valence-electron chi connectivity index (χ4n) is 1.80. The number of aryl methyl sites for hydroxylation is 1. The Labute approximate surface area is 129 Å². The van der Waals surface area contributed by atoms with Gasteiger partial charge in [-0.05, 0) is 49.0 Å². The molecule has 0 unspecified atom stereocenters. The number of rotatable bonds is 4. The minimum absolute atomic E-state index is 0.459. The molecule has 0 saturated heterocycles. The second-order valence-corrected chi connectivity index (χ2v) is 4.78. The highest BCUT2D eigenvalue weighted by Gasteiger charge is 2.06. The Kier molecular flexibility index (Phi) is 4.94. The number of hydrogen-bond acceptors (Lipinski definition) is 4. The molecule has 110 valence electrons. The monoisotopic (exact) mass is 303 g/mol. The number of benzene rings is 1. The Hall–Kier alpha value is -2.34. The Bertz CT molecular complexity index is 647. The molecule has 1 heterocycles. The number of nitrogens with zero attached hydrogens (tertiary/aromatic N) is 1. The lowest BCUT2D eigenvalue weighted by Gasteiger charge is -2.13. The van der Waals surface area contributed by atoms with Gasteiger partial charge in [-0.3, -0.25) is 0 Å². The third-order valence-corrected chi connectivity index (χ3v) is 3.00. The molecule has 0 fully saturated rings. The fraction of sp³-hybridized carbons (Fsp3) is 0.200. The van der Waals surface area contributed by atoms with Crippen LogP contribution in [-0.4, -0.2) is 24.3 Å². The van der Waals surface area contributed by atoms with E-state index in [1.54, 1.807) is 20.4 Å². The van der Waals surface area contributed by atoms with E-state index in [1.165, 1.54) is 0 Å². The van der Waals surface area contributed by atoms with Crippen LogP contribution in [0.1, 0.15) is 5.56 Å². The number of anilines is 2. The van der Waals surface area contributed by atoms with Crippen molar-refractivity contribution < 1.29 is 9.47 Å². The number of hydrogen-bond donors (Lipinski definition) is 2. The first-order chi connectivity index (χ1) is 10.1. The number of ether oxygens (including phenoxy) is 2. The summed E-state index contributed by atoms with van der Waals surface area (Å²) < 4.78 is 10.4. The molecule has 5 nitrogen and oxygen atoms in total. The van der Waals surface area contributed by atoms with E-state index in [-0.39, 0.29) is 0 Å². The summed E-state index contributed by atoms with van der Waals surface area (Å²) in [6.45, 7) is 2.00. The van der Waals surface area contributed by atoms with E-state index in [0.29, 0.717) is 22.4 Å². The molecule has 0 spiro atoms. The summed E-state index contributed by atoms with van der Waals surface area (Å²) in [6, 6.07) is 9.34. The summed E-state index contributed by atoms with van der Waals surface area (Å²) in [7, 11) is 3.19. The Morgan fingerprint density at radius 2 is 1.81 bits per heavy atom. The first kappa shape index (κ1) is 15.1. The third kappa shape index (κ3) is 4.06. The molecule has 0 aliphatic heterocycles. The summed E-state index contributed by atoms with van der Waals surface area (Å²) in [5.41, 5.74) is 1.92. The third-order valence-electron chi connectivity index (χ3n) is 2.80. The van der Waals surface area contributed by atoms with Gasteiger partial charge in [0, 0.05) is 18.0 Å². The molecule has 0 atom stereocenters. The molecule has 0 radical (unpaired) electrons. The van der Waals surface area contributed by atoms with Crippen LogP contribution in [0.5, 0.6) is 11.5 Å². The van der Waals surface area contributed by atoms with Crippen molar-refractivity contribution in [1.29, 1.82) is 0 Å². The van der Waals surface area contributed by atoms with Crippen LogP contribution in [0.4, 0.5) is 11.5 Å². The molecule has 1 aromatic carbocycles. The molecule has 21 heavy (non-hydrogen) atoms. The standard InChI is InChI=1S/C15H17N3O2S/c1-10-6-7-16-14(8-10)18-15(21)17-11-4-5-12(19-2)13(9-11)20-3/h4-9H,1-3H3,(H2,16,17,18,21). The highest BCUT2D eigenvalue weighted by molar-refractivity contribution is 7.80. The second kappa shape index (κ2) is 6.90. The lowest BCUT2D eigenvalue weighted by atomic mass is 10.3. The van der Waals surface area contributed by atoms with Crippen LogP contribution < -0.4 is 20.1 Å². The van der Waals surface area contributed by atoms with E-state index in [1.807, 2.05) is 37.3 Å². The lowest BCUT2D eigenvalue weighted by molar-refractivity contribution is 0.355. The average molecular weight is 303 g/mol. The van der Waals surface area contributed by atoms with Gasteiger partial charge in [-0.1, -0.05) is 0 Å². The predicted molar refractivity (Wildman–Crippen MR) is 88.4 cm³/mol. The molecule has 0 bridgehead atoms. The Morgan fingerprint density at radius 3 is 2.48 bits per heavy atom. The zero-order valence-corrected chi connectivity index (χ0v) is 13.0. The normalized spacial score (nSPS) is 9.86. The zero-order chi connectivity index (χ0) is 15.2. The van der Waals surface area contributed by atoms with Gasteiger partial charge in [0.05, 0.1) is 14.2 Å². The van der Waals surface area contributed by atoms with Crippen molar-refractivity contribution in [2.75, 3.05) is 24.9 Å². The summed E-state index contributed by atoms with van der Waals surface area (Å²) in [5, 5.41) is 6.57. The average Bonchev–Trinajstić information content (AvgIpc) is 2.47. The summed E-state index contributed by atoms with van der Waals surface area (Å²) in [6.07, 6.45) is 1.73. The van der Waals surface area contributed by atoms with Crippen LogP contribution in [-0.2, 0) is 0 Å². The second-order valence-electron chi connectivity index (χ2n) is 4.37. The first-order valence-electron chi connectivity index (χ1n) is 6.35. The molecule has 0 aliphatic rings. The van der Waals surface area contributed by atoms with Crippen molar-refractivity contribution in [3.05, 3.63) is 42.1 Å². The SMILES string of the molecule is COc1ccc(NC(=S)Nc2cc(C)ccn2)cc1OC.